The number of carboxylic acid groups (broad SMARTS) is 1. The van der Waals surface area contributed by atoms with Gasteiger partial charge in [0.1, 0.15) is 5.75 Å². The molecule has 0 spiro atoms. The first-order valence-corrected chi connectivity index (χ1v) is 7.11. The first-order chi connectivity index (χ1) is 8.36. The van der Waals surface area contributed by atoms with Crippen molar-refractivity contribution < 1.29 is 23.1 Å². The molecule has 0 aliphatic carbocycles. The van der Waals surface area contributed by atoms with Crippen LogP contribution in [0, 0.1) is 6.92 Å². The minimum absolute atomic E-state index is 0.114. The van der Waals surface area contributed by atoms with Crippen LogP contribution in [0.1, 0.15) is 18.4 Å². The third-order valence-electron chi connectivity index (χ3n) is 2.53. The molecule has 5 nitrogen and oxygen atoms in total. The maximum atomic E-state index is 11.9. The molecule has 6 heteroatoms. The topological polar surface area (TPSA) is 80.7 Å². The third kappa shape index (κ3) is 3.73. The molecule has 1 aromatic rings. The quantitative estimate of drug-likeness (QED) is 0.851. The summed E-state index contributed by atoms with van der Waals surface area (Å²) in [6.45, 7) is 1.76. The van der Waals surface area contributed by atoms with Crippen molar-refractivity contribution >= 4 is 15.8 Å². The normalized spacial score (nSPS) is 11.2. The molecule has 0 bridgehead atoms. The van der Waals surface area contributed by atoms with Gasteiger partial charge in [0.15, 0.2) is 9.84 Å². The molecule has 1 aromatic carbocycles. The summed E-state index contributed by atoms with van der Waals surface area (Å²) in [5.74, 6) is -0.527. The Balaban J connectivity index is 2.85. The highest BCUT2D eigenvalue weighted by molar-refractivity contribution is 7.91. The van der Waals surface area contributed by atoms with Crippen LogP contribution >= 0.6 is 0 Å². The van der Waals surface area contributed by atoms with E-state index in [0.717, 1.165) is 5.56 Å². The lowest BCUT2D eigenvalue weighted by Crippen LogP contribution is -2.09. The number of ether oxygens (including phenoxy) is 1. The van der Waals surface area contributed by atoms with E-state index in [4.69, 9.17) is 9.84 Å². The SMILES string of the molecule is COc1ccc(S(=O)(=O)CCCC(=O)O)cc1C. The van der Waals surface area contributed by atoms with Gasteiger partial charge in [0, 0.05) is 6.42 Å². The zero-order chi connectivity index (χ0) is 13.8. The summed E-state index contributed by atoms with van der Waals surface area (Å²) >= 11 is 0. The summed E-state index contributed by atoms with van der Waals surface area (Å²) in [4.78, 5) is 10.5. The predicted octanol–water partition coefficient (Wildman–Crippen LogP) is 1.64. The standard InChI is InChI=1S/C12H16O5S/c1-9-8-10(5-6-11(9)17-2)18(15,16)7-3-4-12(13)14/h5-6,8H,3-4,7H2,1-2H3,(H,13,14). The van der Waals surface area contributed by atoms with E-state index in [1.807, 2.05) is 0 Å². The Hall–Kier alpha value is -1.56. The second kappa shape index (κ2) is 5.86. The number of methoxy groups -OCH3 is 1. The molecule has 0 aromatic heterocycles. The van der Waals surface area contributed by atoms with Gasteiger partial charge in [-0.05, 0) is 37.1 Å². The highest BCUT2D eigenvalue weighted by atomic mass is 32.2. The lowest BCUT2D eigenvalue weighted by Gasteiger charge is -2.08. The van der Waals surface area contributed by atoms with Crippen LogP contribution in [-0.4, -0.2) is 32.4 Å². The van der Waals surface area contributed by atoms with Gasteiger partial charge in [0.2, 0.25) is 0 Å². The van der Waals surface area contributed by atoms with Gasteiger partial charge >= 0.3 is 5.97 Å². The molecular formula is C12H16O5S. The largest absolute Gasteiger partial charge is 0.496 e. The van der Waals surface area contributed by atoms with Crippen LogP contribution in [0.3, 0.4) is 0 Å². The average molecular weight is 272 g/mol. The minimum Gasteiger partial charge on any atom is -0.496 e. The van der Waals surface area contributed by atoms with Crippen LogP contribution in [-0.2, 0) is 14.6 Å². The smallest absolute Gasteiger partial charge is 0.303 e. The number of hydrogen-bond acceptors (Lipinski definition) is 4. The number of sulfone groups is 1. The average Bonchev–Trinajstić information content (AvgIpc) is 2.28. The summed E-state index contributed by atoms with van der Waals surface area (Å²) in [7, 11) is -1.91. The molecule has 0 saturated carbocycles. The molecule has 0 aliphatic rings. The third-order valence-corrected chi connectivity index (χ3v) is 4.33. The Morgan fingerprint density at radius 1 is 1.39 bits per heavy atom. The van der Waals surface area contributed by atoms with Crippen molar-refractivity contribution in [3.63, 3.8) is 0 Å². The first-order valence-electron chi connectivity index (χ1n) is 5.46. The van der Waals surface area contributed by atoms with E-state index in [1.54, 1.807) is 13.0 Å². The van der Waals surface area contributed by atoms with Crippen LogP contribution in [0.15, 0.2) is 23.1 Å². The van der Waals surface area contributed by atoms with Gasteiger partial charge in [0.05, 0.1) is 17.8 Å². The molecule has 0 amide bonds. The van der Waals surface area contributed by atoms with Crippen molar-refractivity contribution in [2.45, 2.75) is 24.7 Å². The Morgan fingerprint density at radius 2 is 2.06 bits per heavy atom. The molecule has 1 rings (SSSR count). The van der Waals surface area contributed by atoms with Crippen LogP contribution in [0.4, 0.5) is 0 Å². The molecule has 1 N–H and O–H groups in total. The van der Waals surface area contributed by atoms with E-state index in [9.17, 15) is 13.2 Å². The van der Waals surface area contributed by atoms with Gasteiger partial charge < -0.3 is 9.84 Å². The van der Waals surface area contributed by atoms with Crippen molar-refractivity contribution in [2.75, 3.05) is 12.9 Å². The monoisotopic (exact) mass is 272 g/mol. The van der Waals surface area contributed by atoms with E-state index < -0.39 is 15.8 Å². The van der Waals surface area contributed by atoms with Crippen LogP contribution in [0.2, 0.25) is 0 Å². The predicted molar refractivity (Wildman–Crippen MR) is 66.7 cm³/mol. The summed E-state index contributed by atoms with van der Waals surface area (Å²) in [6.07, 6.45) is -0.0306. The maximum absolute atomic E-state index is 11.9. The molecule has 0 fully saturated rings. The van der Waals surface area contributed by atoms with Crippen molar-refractivity contribution in [2.24, 2.45) is 0 Å². The highest BCUT2D eigenvalue weighted by Gasteiger charge is 2.16. The molecule has 0 atom stereocenters. The molecule has 0 radical (unpaired) electrons. The number of aryl methyl sites for hydroxylation is 1. The Morgan fingerprint density at radius 3 is 2.56 bits per heavy atom. The zero-order valence-electron chi connectivity index (χ0n) is 10.3. The fourth-order valence-electron chi connectivity index (χ4n) is 1.58. The first kappa shape index (κ1) is 14.5. The summed E-state index contributed by atoms with van der Waals surface area (Å²) in [6, 6.07) is 4.61. The van der Waals surface area contributed by atoms with Crippen molar-refractivity contribution in [1.29, 1.82) is 0 Å². The Kier molecular flexibility index (Phi) is 4.72. The molecular weight excluding hydrogens is 256 g/mol. The van der Waals surface area contributed by atoms with Crippen molar-refractivity contribution in [3.8, 4) is 5.75 Å². The van der Waals surface area contributed by atoms with E-state index >= 15 is 0 Å². The number of benzene rings is 1. The number of hydrogen-bond donors (Lipinski definition) is 1. The molecule has 100 valence electrons. The van der Waals surface area contributed by atoms with Gasteiger partial charge in [-0.2, -0.15) is 0 Å². The highest BCUT2D eigenvalue weighted by Crippen LogP contribution is 2.22. The maximum Gasteiger partial charge on any atom is 0.303 e. The molecule has 0 saturated heterocycles. The second-order valence-corrected chi connectivity index (χ2v) is 6.06. The van der Waals surface area contributed by atoms with E-state index in [2.05, 4.69) is 0 Å². The Bertz CT molecular complexity index is 533. The lowest BCUT2D eigenvalue weighted by molar-refractivity contribution is -0.137. The molecule has 18 heavy (non-hydrogen) atoms. The summed E-state index contributed by atoms with van der Waals surface area (Å²) < 4.78 is 28.9. The fourth-order valence-corrected chi connectivity index (χ4v) is 2.97. The van der Waals surface area contributed by atoms with Crippen molar-refractivity contribution in [1.82, 2.24) is 0 Å². The van der Waals surface area contributed by atoms with Gasteiger partial charge in [-0.1, -0.05) is 0 Å². The number of carbonyl (C=O) groups is 1. The van der Waals surface area contributed by atoms with Gasteiger partial charge in [-0.25, -0.2) is 8.42 Å². The Labute approximate surface area is 106 Å². The van der Waals surface area contributed by atoms with Gasteiger partial charge in [0.25, 0.3) is 0 Å². The zero-order valence-corrected chi connectivity index (χ0v) is 11.2. The lowest BCUT2D eigenvalue weighted by atomic mass is 10.2. The minimum atomic E-state index is -3.42. The summed E-state index contributed by atoms with van der Waals surface area (Å²) in [5, 5.41) is 8.48. The number of aliphatic carboxylic acids is 1. The van der Waals surface area contributed by atoms with Crippen LogP contribution < -0.4 is 4.74 Å². The molecule has 0 aliphatic heterocycles. The van der Waals surface area contributed by atoms with Crippen LogP contribution in [0.5, 0.6) is 5.75 Å². The second-order valence-electron chi connectivity index (χ2n) is 3.95. The van der Waals surface area contributed by atoms with E-state index in [-0.39, 0.29) is 23.5 Å². The van der Waals surface area contributed by atoms with Crippen molar-refractivity contribution in [3.05, 3.63) is 23.8 Å². The fraction of sp³-hybridized carbons (Fsp3) is 0.417. The molecule has 0 heterocycles. The van der Waals surface area contributed by atoms with E-state index in [1.165, 1.54) is 19.2 Å². The van der Waals surface area contributed by atoms with Gasteiger partial charge in [-0.3, -0.25) is 4.79 Å². The van der Waals surface area contributed by atoms with Gasteiger partial charge in [-0.15, -0.1) is 0 Å². The number of rotatable bonds is 6. The van der Waals surface area contributed by atoms with Crippen LogP contribution in [0.25, 0.3) is 0 Å². The van der Waals surface area contributed by atoms with E-state index in [0.29, 0.717) is 5.75 Å². The molecule has 0 unspecified atom stereocenters. The number of carboxylic acids is 1. The summed E-state index contributed by atoms with van der Waals surface area (Å²) in [5.41, 5.74) is 0.733.